The summed E-state index contributed by atoms with van der Waals surface area (Å²) < 4.78 is 5.73. The molecule has 0 aliphatic heterocycles. The second-order valence-electron chi connectivity index (χ2n) is 4.19. The molecule has 2 rings (SSSR count). The lowest BCUT2D eigenvalue weighted by atomic mass is 10.1. The van der Waals surface area contributed by atoms with Gasteiger partial charge in [0.25, 0.3) is 0 Å². The molecule has 1 atom stereocenters. The Morgan fingerprint density at radius 3 is 2.60 bits per heavy atom. The zero-order valence-corrected chi connectivity index (χ0v) is 9.32. The van der Waals surface area contributed by atoms with Crippen molar-refractivity contribution in [2.75, 3.05) is 0 Å². The molecule has 2 N–H and O–H groups in total. The van der Waals surface area contributed by atoms with Crippen LogP contribution in [0.5, 0.6) is 0 Å². The van der Waals surface area contributed by atoms with Gasteiger partial charge in [-0.15, -0.1) is 0 Å². The standard InChI is InChI=1S/C12H16N2O/c1-7(2)12-14-10-6-4-5-9(8(3)13)11(10)15-12/h4-8H,13H2,1-3H3. The van der Waals surface area contributed by atoms with Crippen LogP contribution < -0.4 is 5.73 Å². The van der Waals surface area contributed by atoms with Crippen LogP contribution in [-0.2, 0) is 0 Å². The van der Waals surface area contributed by atoms with Crippen LogP contribution >= 0.6 is 0 Å². The van der Waals surface area contributed by atoms with Crippen molar-refractivity contribution in [2.24, 2.45) is 5.73 Å². The van der Waals surface area contributed by atoms with Gasteiger partial charge in [0.05, 0.1) is 0 Å². The maximum Gasteiger partial charge on any atom is 0.198 e. The summed E-state index contributed by atoms with van der Waals surface area (Å²) in [7, 11) is 0. The molecule has 3 heteroatoms. The quantitative estimate of drug-likeness (QED) is 0.818. The van der Waals surface area contributed by atoms with Crippen LogP contribution in [0.15, 0.2) is 22.6 Å². The Bertz CT molecular complexity index is 471. The summed E-state index contributed by atoms with van der Waals surface area (Å²) >= 11 is 0. The van der Waals surface area contributed by atoms with E-state index in [-0.39, 0.29) is 6.04 Å². The van der Waals surface area contributed by atoms with Crippen LogP contribution in [0.1, 0.15) is 44.2 Å². The number of nitrogens with zero attached hydrogens (tertiary/aromatic N) is 1. The van der Waals surface area contributed by atoms with E-state index in [9.17, 15) is 0 Å². The van der Waals surface area contributed by atoms with E-state index in [1.165, 1.54) is 0 Å². The number of para-hydroxylation sites is 1. The summed E-state index contributed by atoms with van der Waals surface area (Å²) in [6.07, 6.45) is 0. The van der Waals surface area contributed by atoms with Crippen molar-refractivity contribution in [3.63, 3.8) is 0 Å². The second-order valence-corrected chi connectivity index (χ2v) is 4.19. The van der Waals surface area contributed by atoms with E-state index >= 15 is 0 Å². The van der Waals surface area contributed by atoms with Crippen molar-refractivity contribution in [1.82, 2.24) is 4.98 Å². The summed E-state index contributed by atoms with van der Waals surface area (Å²) in [5.41, 5.74) is 8.62. The van der Waals surface area contributed by atoms with Crippen LogP contribution in [0.3, 0.4) is 0 Å². The molecule has 3 nitrogen and oxygen atoms in total. The molecular weight excluding hydrogens is 188 g/mol. The van der Waals surface area contributed by atoms with Crippen molar-refractivity contribution in [3.05, 3.63) is 29.7 Å². The average Bonchev–Trinajstić information content (AvgIpc) is 2.60. The van der Waals surface area contributed by atoms with Gasteiger partial charge in [-0.25, -0.2) is 4.98 Å². The number of benzene rings is 1. The van der Waals surface area contributed by atoms with Gasteiger partial charge in [0.15, 0.2) is 11.5 Å². The average molecular weight is 204 g/mol. The van der Waals surface area contributed by atoms with E-state index in [0.29, 0.717) is 5.92 Å². The van der Waals surface area contributed by atoms with Crippen LogP contribution in [0, 0.1) is 0 Å². The number of aromatic nitrogens is 1. The minimum Gasteiger partial charge on any atom is -0.440 e. The summed E-state index contributed by atoms with van der Waals surface area (Å²) in [6, 6.07) is 5.88. The SMILES string of the molecule is CC(C)c1nc2cccc(C(C)N)c2o1. The van der Waals surface area contributed by atoms with Crippen LogP contribution in [0.25, 0.3) is 11.1 Å². The zero-order chi connectivity index (χ0) is 11.0. The number of fused-ring (bicyclic) bond motifs is 1. The molecule has 0 bridgehead atoms. The molecule has 1 aromatic heterocycles. The molecule has 0 aliphatic carbocycles. The highest BCUT2D eigenvalue weighted by molar-refractivity contribution is 5.76. The zero-order valence-electron chi connectivity index (χ0n) is 9.32. The van der Waals surface area contributed by atoms with Crippen molar-refractivity contribution >= 4 is 11.1 Å². The Hall–Kier alpha value is -1.35. The molecule has 0 spiro atoms. The Labute approximate surface area is 89.3 Å². The first-order valence-corrected chi connectivity index (χ1v) is 5.24. The second kappa shape index (κ2) is 3.66. The highest BCUT2D eigenvalue weighted by atomic mass is 16.3. The van der Waals surface area contributed by atoms with E-state index < -0.39 is 0 Å². The summed E-state index contributed by atoms with van der Waals surface area (Å²) in [6.45, 7) is 6.08. The van der Waals surface area contributed by atoms with Gasteiger partial charge in [-0.05, 0) is 13.0 Å². The highest BCUT2D eigenvalue weighted by Crippen LogP contribution is 2.26. The van der Waals surface area contributed by atoms with Crippen LogP contribution in [-0.4, -0.2) is 4.98 Å². The fourth-order valence-corrected chi connectivity index (χ4v) is 1.59. The van der Waals surface area contributed by atoms with Crippen LogP contribution in [0.4, 0.5) is 0 Å². The van der Waals surface area contributed by atoms with Gasteiger partial charge < -0.3 is 10.2 Å². The van der Waals surface area contributed by atoms with Gasteiger partial charge >= 0.3 is 0 Å². The first kappa shape index (κ1) is 10.2. The number of oxazole rings is 1. The molecule has 1 unspecified atom stereocenters. The third-order valence-electron chi connectivity index (χ3n) is 2.45. The maximum absolute atomic E-state index is 5.88. The van der Waals surface area contributed by atoms with Gasteiger partial charge in [-0.2, -0.15) is 0 Å². The molecule has 80 valence electrons. The van der Waals surface area contributed by atoms with Gasteiger partial charge in [0.1, 0.15) is 5.52 Å². The van der Waals surface area contributed by atoms with Crippen molar-refractivity contribution < 1.29 is 4.42 Å². The van der Waals surface area contributed by atoms with Gasteiger partial charge in [-0.3, -0.25) is 0 Å². The van der Waals surface area contributed by atoms with Crippen molar-refractivity contribution in [3.8, 4) is 0 Å². The molecule has 0 fully saturated rings. The van der Waals surface area contributed by atoms with Gasteiger partial charge in [0, 0.05) is 17.5 Å². The van der Waals surface area contributed by atoms with Gasteiger partial charge in [-0.1, -0.05) is 26.0 Å². The number of nitrogens with two attached hydrogens (primary N) is 1. The summed E-state index contributed by atoms with van der Waals surface area (Å²) in [5.74, 6) is 1.08. The van der Waals surface area contributed by atoms with E-state index in [1.54, 1.807) is 0 Å². The Balaban J connectivity index is 2.64. The topological polar surface area (TPSA) is 52.0 Å². The highest BCUT2D eigenvalue weighted by Gasteiger charge is 2.13. The van der Waals surface area contributed by atoms with E-state index in [4.69, 9.17) is 10.2 Å². The number of hydrogen-bond donors (Lipinski definition) is 1. The third-order valence-corrected chi connectivity index (χ3v) is 2.45. The molecule has 0 amide bonds. The molecule has 1 heterocycles. The largest absolute Gasteiger partial charge is 0.440 e. The Morgan fingerprint density at radius 1 is 1.27 bits per heavy atom. The predicted molar refractivity (Wildman–Crippen MR) is 60.7 cm³/mol. The predicted octanol–water partition coefficient (Wildman–Crippen LogP) is 2.97. The third kappa shape index (κ3) is 1.75. The molecule has 1 aromatic carbocycles. The Kier molecular flexibility index (Phi) is 2.49. The minimum absolute atomic E-state index is 0.0262. The maximum atomic E-state index is 5.88. The fraction of sp³-hybridized carbons (Fsp3) is 0.417. The smallest absolute Gasteiger partial charge is 0.198 e. The summed E-state index contributed by atoms with van der Waals surface area (Å²) in [4.78, 5) is 4.43. The minimum atomic E-state index is -0.0262. The first-order chi connectivity index (χ1) is 7.09. The van der Waals surface area contributed by atoms with Crippen LogP contribution in [0.2, 0.25) is 0 Å². The molecule has 0 saturated carbocycles. The number of rotatable bonds is 2. The molecule has 0 aliphatic rings. The van der Waals surface area contributed by atoms with Gasteiger partial charge in [0.2, 0.25) is 0 Å². The first-order valence-electron chi connectivity index (χ1n) is 5.24. The monoisotopic (exact) mass is 204 g/mol. The van der Waals surface area contributed by atoms with E-state index in [0.717, 1.165) is 22.6 Å². The lowest BCUT2D eigenvalue weighted by Crippen LogP contribution is -2.04. The summed E-state index contributed by atoms with van der Waals surface area (Å²) in [5, 5.41) is 0. The molecule has 15 heavy (non-hydrogen) atoms. The number of hydrogen-bond acceptors (Lipinski definition) is 3. The lowest BCUT2D eigenvalue weighted by Gasteiger charge is -2.04. The lowest BCUT2D eigenvalue weighted by molar-refractivity contribution is 0.497. The molecule has 0 radical (unpaired) electrons. The van der Waals surface area contributed by atoms with E-state index in [2.05, 4.69) is 18.8 Å². The molecule has 0 saturated heterocycles. The van der Waals surface area contributed by atoms with Crippen molar-refractivity contribution in [2.45, 2.75) is 32.7 Å². The van der Waals surface area contributed by atoms with E-state index in [1.807, 2.05) is 25.1 Å². The molecule has 2 aromatic rings. The molecular formula is C12H16N2O. The van der Waals surface area contributed by atoms with Crippen molar-refractivity contribution in [1.29, 1.82) is 0 Å². The normalized spacial score (nSPS) is 13.7. The Morgan fingerprint density at radius 2 is 2.00 bits per heavy atom. The fourth-order valence-electron chi connectivity index (χ4n) is 1.59.